The Bertz CT molecular complexity index is 425. The number of benzene rings is 1. The summed E-state index contributed by atoms with van der Waals surface area (Å²) in [5, 5.41) is 2.53. The van der Waals surface area contributed by atoms with Gasteiger partial charge in [0.2, 0.25) is 0 Å². The van der Waals surface area contributed by atoms with Gasteiger partial charge in [-0.3, -0.25) is 0 Å². The maximum atomic E-state index is 11.2. The van der Waals surface area contributed by atoms with Crippen molar-refractivity contribution < 1.29 is 19.0 Å². The number of carbonyl (C=O) groups is 1. The average Bonchev–Trinajstić information content (AvgIpc) is 2.38. The molecule has 1 atom stereocenters. The Morgan fingerprint density at radius 3 is 2.58 bits per heavy atom. The molecule has 1 aromatic rings. The number of ether oxygens (including phenoxy) is 3. The zero-order valence-corrected chi connectivity index (χ0v) is 12.0. The number of halogens is 1. The van der Waals surface area contributed by atoms with E-state index in [1.165, 1.54) is 0 Å². The molecule has 0 fully saturated rings. The van der Waals surface area contributed by atoms with Gasteiger partial charge in [0.15, 0.2) is 11.5 Å². The number of carbonyl (C=O) groups excluding carboxylic acids is 1. The first-order valence-corrected chi connectivity index (χ1v) is 6.32. The Morgan fingerprint density at radius 2 is 2.00 bits per heavy atom. The average molecular weight is 288 g/mol. The maximum absolute atomic E-state index is 11.2. The number of alkyl halides is 1. The zero-order valence-electron chi connectivity index (χ0n) is 11.2. The molecular formula is C13H18ClNO4. The molecule has 106 valence electrons. The van der Waals surface area contributed by atoms with E-state index < -0.39 is 11.6 Å². The van der Waals surface area contributed by atoms with Crippen molar-refractivity contribution in [3.63, 3.8) is 0 Å². The molecule has 6 heteroatoms. The van der Waals surface area contributed by atoms with Gasteiger partial charge < -0.3 is 19.5 Å². The third-order valence-corrected chi connectivity index (χ3v) is 2.68. The maximum Gasteiger partial charge on any atom is 0.408 e. The fourth-order valence-electron chi connectivity index (χ4n) is 1.57. The quantitative estimate of drug-likeness (QED) is 0.645. The van der Waals surface area contributed by atoms with Crippen LogP contribution in [0.25, 0.3) is 0 Å². The molecule has 5 nitrogen and oxygen atoms in total. The molecule has 0 aliphatic rings. The highest BCUT2D eigenvalue weighted by atomic mass is 35.5. The van der Waals surface area contributed by atoms with Crippen LogP contribution >= 0.6 is 11.6 Å². The van der Waals surface area contributed by atoms with Crippen molar-refractivity contribution in [3.05, 3.63) is 23.8 Å². The molecule has 0 saturated heterocycles. The Hall–Kier alpha value is -1.62. The first-order valence-electron chi connectivity index (χ1n) is 5.89. The van der Waals surface area contributed by atoms with E-state index in [0.717, 1.165) is 5.56 Å². The first-order chi connectivity index (χ1) is 9.10. The first kappa shape index (κ1) is 15.4. The topological polar surface area (TPSA) is 56.8 Å². The summed E-state index contributed by atoms with van der Waals surface area (Å²) >= 11 is 6.03. The Balaban J connectivity index is 2.64. The molecule has 1 aromatic carbocycles. The van der Waals surface area contributed by atoms with Gasteiger partial charge in [-0.2, -0.15) is 0 Å². The third-order valence-electron chi connectivity index (χ3n) is 2.41. The molecule has 1 unspecified atom stereocenters. The van der Waals surface area contributed by atoms with Crippen LogP contribution in [-0.4, -0.2) is 32.4 Å². The lowest BCUT2D eigenvalue weighted by molar-refractivity contribution is 0.151. The van der Waals surface area contributed by atoms with Crippen molar-refractivity contribution in [3.8, 4) is 11.5 Å². The number of hydrogen-bond donors (Lipinski definition) is 1. The van der Waals surface area contributed by atoms with Gasteiger partial charge in [-0.05, 0) is 24.6 Å². The molecule has 0 aliphatic carbocycles. The third kappa shape index (κ3) is 4.87. The Labute approximate surface area is 117 Å². The van der Waals surface area contributed by atoms with Crippen LogP contribution in [0.2, 0.25) is 0 Å². The minimum Gasteiger partial charge on any atom is -0.493 e. The van der Waals surface area contributed by atoms with Crippen molar-refractivity contribution in [2.75, 3.05) is 20.8 Å². The molecule has 1 N–H and O–H groups in total. The van der Waals surface area contributed by atoms with Crippen molar-refractivity contribution in [2.24, 2.45) is 0 Å². The van der Waals surface area contributed by atoms with Crippen LogP contribution in [0.5, 0.6) is 11.5 Å². The van der Waals surface area contributed by atoms with E-state index >= 15 is 0 Å². The molecule has 1 rings (SSSR count). The molecule has 0 saturated carbocycles. The highest BCUT2D eigenvalue weighted by Crippen LogP contribution is 2.28. The summed E-state index contributed by atoms with van der Waals surface area (Å²) in [6.07, 6.45) is -0.0660. The van der Waals surface area contributed by atoms with E-state index in [0.29, 0.717) is 24.5 Å². The van der Waals surface area contributed by atoms with Crippen molar-refractivity contribution in [1.29, 1.82) is 0 Å². The predicted octanol–water partition coefficient (Wildman–Crippen LogP) is 2.56. The highest BCUT2D eigenvalue weighted by Gasteiger charge is 2.12. The lowest BCUT2D eigenvalue weighted by Crippen LogP contribution is -2.32. The van der Waals surface area contributed by atoms with E-state index in [1.54, 1.807) is 27.2 Å². The van der Waals surface area contributed by atoms with Gasteiger partial charge in [0.25, 0.3) is 0 Å². The van der Waals surface area contributed by atoms with Crippen molar-refractivity contribution >= 4 is 17.7 Å². The van der Waals surface area contributed by atoms with E-state index in [9.17, 15) is 4.79 Å². The van der Waals surface area contributed by atoms with Gasteiger partial charge in [-0.1, -0.05) is 17.7 Å². The number of methoxy groups -OCH3 is 2. The van der Waals surface area contributed by atoms with Crippen LogP contribution in [-0.2, 0) is 11.2 Å². The molecule has 0 spiro atoms. The minimum atomic E-state index is -0.544. The van der Waals surface area contributed by atoms with E-state index in [4.69, 9.17) is 25.8 Å². The van der Waals surface area contributed by atoms with Gasteiger partial charge in [0.05, 0.1) is 20.8 Å². The molecule has 0 heterocycles. The number of alkyl carbamates (subject to hydrolysis) is 1. The summed E-state index contributed by atoms with van der Waals surface area (Å²) < 4.78 is 15.1. The molecule has 0 aromatic heterocycles. The summed E-state index contributed by atoms with van der Waals surface area (Å²) in [6.45, 7) is 2.04. The Kier molecular flexibility index (Phi) is 6.29. The fraction of sp³-hybridized carbons (Fsp3) is 0.462. The number of nitrogens with one attached hydrogen (secondary N) is 1. The number of amides is 1. The van der Waals surface area contributed by atoms with Gasteiger partial charge in [0.1, 0.15) is 5.50 Å². The summed E-state index contributed by atoms with van der Waals surface area (Å²) in [4.78, 5) is 11.2. The Morgan fingerprint density at radius 1 is 1.32 bits per heavy atom. The van der Waals surface area contributed by atoms with Gasteiger partial charge >= 0.3 is 6.09 Å². The second-order valence-electron chi connectivity index (χ2n) is 3.73. The fourth-order valence-corrected chi connectivity index (χ4v) is 1.83. The normalized spacial score (nSPS) is 11.6. The highest BCUT2D eigenvalue weighted by molar-refractivity contribution is 6.21. The van der Waals surface area contributed by atoms with Crippen molar-refractivity contribution in [1.82, 2.24) is 5.32 Å². The van der Waals surface area contributed by atoms with Crippen LogP contribution in [0.15, 0.2) is 18.2 Å². The number of hydrogen-bond acceptors (Lipinski definition) is 4. The summed E-state index contributed by atoms with van der Waals surface area (Å²) in [5.41, 5.74) is 0.381. The molecule has 0 bridgehead atoms. The lowest BCUT2D eigenvalue weighted by Gasteiger charge is -2.13. The monoisotopic (exact) mass is 287 g/mol. The molecule has 0 aliphatic heterocycles. The second kappa shape index (κ2) is 7.74. The molecular weight excluding hydrogens is 270 g/mol. The summed E-state index contributed by atoms with van der Waals surface area (Å²) in [5.74, 6) is 1.27. The lowest BCUT2D eigenvalue weighted by atomic mass is 10.1. The predicted molar refractivity (Wildman–Crippen MR) is 73.0 cm³/mol. The molecule has 19 heavy (non-hydrogen) atoms. The standard InChI is InChI=1S/C13H18ClNO4/c1-4-19-13(16)15-12(14)8-9-5-6-10(17-2)11(7-9)18-3/h5-7,12H,4,8H2,1-3H3,(H,15,16). The van der Waals surface area contributed by atoms with Crippen LogP contribution < -0.4 is 14.8 Å². The summed E-state index contributed by atoms with van der Waals surface area (Å²) in [7, 11) is 3.14. The molecule has 1 amide bonds. The van der Waals surface area contributed by atoms with Crippen LogP contribution in [0, 0.1) is 0 Å². The SMILES string of the molecule is CCOC(=O)NC(Cl)Cc1ccc(OC)c(OC)c1. The van der Waals surface area contributed by atoms with E-state index in [1.807, 2.05) is 12.1 Å². The van der Waals surface area contributed by atoms with Gasteiger partial charge in [-0.15, -0.1) is 0 Å². The smallest absolute Gasteiger partial charge is 0.408 e. The van der Waals surface area contributed by atoms with E-state index in [2.05, 4.69) is 5.32 Å². The van der Waals surface area contributed by atoms with Gasteiger partial charge in [0, 0.05) is 6.42 Å². The number of rotatable bonds is 6. The zero-order chi connectivity index (χ0) is 14.3. The second-order valence-corrected chi connectivity index (χ2v) is 4.25. The molecule has 0 radical (unpaired) electrons. The summed E-state index contributed by atoms with van der Waals surface area (Å²) in [6, 6.07) is 5.48. The van der Waals surface area contributed by atoms with Gasteiger partial charge in [-0.25, -0.2) is 4.79 Å². The minimum absolute atomic E-state index is 0.311. The largest absolute Gasteiger partial charge is 0.493 e. The van der Waals surface area contributed by atoms with E-state index in [-0.39, 0.29) is 0 Å². The van der Waals surface area contributed by atoms with Crippen LogP contribution in [0.4, 0.5) is 4.79 Å². The van der Waals surface area contributed by atoms with Crippen molar-refractivity contribution in [2.45, 2.75) is 18.8 Å². The van der Waals surface area contributed by atoms with Crippen LogP contribution in [0.1, 0.15) is 12.5 Å². The van der Waals surface area contributed by atoms with Crippen LogP contribution in [0.3, 0.4) is 0 Å².